The molecule has 0 amide bonds. The van der Waals surface area contributed by atoms with E-state index >= 15 is 0 Å². The minimum absolute atomic E-state index is 0.0520. The van der Waals surface area contributed by atoms with E-state index in [1.54, 1.807) is 6.92 Å². The van der Waals surface area contributed by atoms with E-state index in [0.29, 0.717) is 31.5 Å². The Morgan fingerprint density at radius 3 is 2.64 bits per heavy atom. The number of ketones is 2. The first kappa shape index (κ1) is 18.8. The lowest BCUT2D eigenvalue weighted by Gasteiger charge is -2.47. The van der Waals surface area contributed by atoms with Crippen molar-refractivity contribution in [3.8, 4) is 0 Å². The molecular weight excluding hydrogens is 316 g/mol. The third-order valence-electron chi connectivity index (χ3n) is 7.68. The van der Waals surface area contributed by atoms with Crippen LogP contribution in [0, 0.1) is 28.6 Å². The maximum atomic E-state index is 13.5. The summed E-state index contributed by atoms with van der Waals surface area (Å²) in [4.78, 5) is 25.6. The van der Waals surface area contributed by atoms with Gasteiger partial charge in [-0.15, -0.1) is 0 Å². The summed E-state index contributed by atoms with van der Waals surface area (Å²) in [7, 11) is 0. The normalized spacial score (nSPS) is 44.4. The molecule has 0 aromatic carbocycles. The Morgan fingerprint density at radius 2 is 2.00 bits per heavy atom. The van der Waals surface area contributed by atoms with Gasteiger partial charge in [-0.05, 0) is 70.1 Å². The summed E-state index contributed by atoms with van der Waals surface area (Å²) in [6.45, 7) is 5.85. The van der Waals surface area contributed by atoms with Crippen molar-refractivity contribution in [2.24, 2.45) is 28.6 Å². The predicted octanol–water partition coefficient (Wildman–Crippen LogP) is 3.06. The molecule has 140 valence electrons. The molecule has 25 heavy (non-hydrogen) atoms. The molecule has 3 aliphatic rings. The first-order valence-electron chi connectivity index (χ1n) is 9.77. The molecular formula is C21H32O4. The molecule has 2 N–H and O–H groups in total. The number of aliphatic hydroxyl groups is 2. The molecule has 0 bridgehead atoms. The van der Waals surface area contributed by atoms with Crippen LogP contribution in [0.15, 0.2) is 11.6 Å². The number of carbonyl (C=O) groups is 2. The Bertz CT molecular complexity index is 595. The van der Waals surface area contributed by atoms with Gasteiger partial charge in [-0.2, -0.15) is 0 Å². The summed E-state index contributed by atoms with van der Waals surface area (Å²) < 4.78 is 0. The van der Waals surface area contributed by atoms with Gasteiger partial charge in [-0.1, -0.05) is 18.6 Å². The third-order valence-corrected chi connectivity index (χ3v) is 7.68. The quantitative estimate of drug-likeness (QED) is 0.766. The molecule has 0 spiro atoms. The van der Waals surface area contributed by atoms with E-state index in [1.165, 1.54) is 0 Å². The molecule has 6 atom stereocenters. The van der Waals surface area contributed by atoms with Gasteiger partial charge in [0, 0.05) is 23.9 Å². The van der Waals surface area contributed by atoms with Crippen LogP contribution in [-0.4, -0.2) is 34.5 Å². The molecule has 0 aromatic rings. The zero-order valence-electron chi connectivity index (χ0n) is 15.8. The second kappa shape index (κ2) is 6.62. The van der Waals surface area contributed by atoms with Crippen molar-refractivity contribution >= 4 is 11.6 Å². The van der Waals surface area contributed by atoms with Crippen LogP contribution in [0.2, 0.25) is 0 Å². The summed E-state index contributed by atoms with van der Waals surface area (Å²) >= 11 is 0. The fourth-order valence-corrected chi connectivity index (χ4v) is 6.11. The van der Waals surface area contributed by atoms with Crippen LogP contribution in [0.5, 0.6) is 0 Å². The van der Waals surface area contributed by atoms with Crippen molar-refractivity contribution in [1.82, 2.24) is 0 Å². The average Bonchev–Trinajstić information content (AvgIpc) is 2.87. The SMILES string of the molecule is CC(=O)C1CCC(C2CC=C3CC(O)CCC3(C)C2=O)C1(C)CCO. The minimum atomic E-state index is -0.448. The second-order valence-corrected chi connectivity index (χ2v) is 8.99. The van der Waals surface area contributed by atoms with E-state index in [2.05, 4.69) is 13.0 Å². The molecule has 3 aliphatic carbocycles. The molecule has 3 rings (SSSR count). The molecule has 0 heterocycles. The van der Waals surface area contributed by atoms with Crippen LogP contribution in [0.4, 0.5) is 0 Å². The molecule has 4 nitrogen and oxygen atoms in total. The highest BCUT2D eigenvalue weighted by atomic mass is 16.3. The Hall–Kier alpha value is -1.00. The number of hydrogen-bond acceptors (Lipinski definition) is 4. The number of Topliss-reactive ketones (excluding diaryl/α,β-unsaturated/α-hetero) is 2. The number of carbonyl (C=O) groups excluding carboxylic acids is 2. The van der Waals surface area contributed by atoms with Gasteiger partial charge in [0.25, 0.3) is 0 Å². The minimum Gasteiger partial charge on any atom is -0.396 e. The molecule has 0 radical (unpaired) electrons. The van der Waals surface area contributed by atoms with Gasteiger partial charge in [0.15, 0.2) is 0 Å². The highest BCUT2D eigenvalue weighted by Gasteiger charge is 2.55. The smallest absolute Gasteiger partial charge is 0.146 e. The summed E-state index contributed by atoms with van der Waals surface area (Å²) in [5, 5.41) is 19.6. The summed E-state index contributed by atoms with van der Waals surface area (Å²) in [6, 6.07) is 0. The van der Waals surface area contributed by atoms with Crippen molar-refractivity contribution in [3.63, 3.8) is 0 Å². The second-order valence-electron chi connectivity index (χ2n) is 8.99. The molecule has 2 saturated carbocycles. The molecule has 0 saturated heterocycles. The van der Waals surface area contributed by atoms with Crippen molar-refractivity contribution in [3.05, 3.63) is 11.6 Å². The third kappa shape index (κ3) is 2.91. The van der Waals surface area contributed by atoms with Gasteiger partial charge in [-0.25, -0.2) is 0 Å². The van der Waals surface area contributed by atoms with Crippen LogP contribution in [-0.2, 0) is 9.59 Å². The Morgan fingerprint density at radius 1 is 1.28 bits per heavy atom. The van der Waals surface area contributed by atoms with Crippen molar-refractivity contribution in [2.45, 2.75) is 71.8 Å². The van der Waals surface area contributed by atoms with E-state index in [0.717, 1.165) is 24.8 Å². The zero-order valence-corrected chi connectivity index (χ0v) is 15.8. The monoisotopic (exact) mass is 348 g/mol. The number of allylic oxidation sites excluding steroid dienone is 1. The van der Waals surface area contributed by atoms with E-state index in [-0.39, 0.29) is 41.7 Å². The largest absolute Gasteiger partial charge is 0.396 e. The topological polar surface area (TPSA) is 74.6 Å². The van der Waals surface area contributed by atoms with Gasteiger partial charge in [0.05, 0.1) is 6.10 Å². The Labute approximate surface area is 150 Å². The van der Waals surface area contributed by atoms with Gasteiger partial charge < -0.3 is 10.2 Å². The van der Waals surface area contributed by atoms with E-state index in [1.807, 2.05) is 6.92 Å². The molecule has 2 fully saturated rings. The Balaban J connectivity index is 1.91. The van der Waals surface area contributed by atoms with Crippen molar-refractivity contribution in [2.75, 3.05) is 6.61 Å². The number of fused-ring (bicyclic) bond motifs is 1. The summed E-state index contributed by atoms with van der Waals surface area (Å²) in [5.41, 5.74) is 0.366. The lowest BCUT2D eigenvalue weighted by molar-refractivity contribution is -0.138. The first-order valence-corrected chi connectivity index (χ1v) is 9.77. The Kier molecular flexibility index (Phi) is 4.97. The fraction of sp³-hybridized carbons (Fsp3) is 0.810. The zero-order chi connectivity index (χ0) is 18.4. The van der Waals surface area contributed by atoms with Crippen LogP contribution >= 0.6 is 0 Å². The van der Waals surface area contributed by atoms with E-state index < -0.39 is 5.41 Å². The number of rotatable bonds is 4. The lowest BCUT2D eigenvalue weighted by Crippen LogP contribution is -2.47. The highest BCUT2D eigenvalue weighted by molar-refractivity contribution is 5.91. The number of hydrogen-bond donors (Lipinski definition) is 2. The van der Waals surface area contributed by atoms with Crippen LogP contribution in [0.25, 0.3) is 0 Å². The predicted molar refractivity (Wildman–Crippen MR) is 95.9 cm³/mol. The van der Waals surface area contributed by atoms with E-state index in [9.17, 15) is 19.8 Å². The van der Waals surface area contributed by atoms with Crippen LogP contribution < -0.4 is 0 Å². The van der Waals surface area contributed by atoms with Crippen LogP contribution in [0.3, 0.4) is 0 Å². The average molecular weight is 348 g/mol. The van der Waals surface area contributed by atoms with Gasteiger partial charge in [0.2, 0.25) is 0 Å². The standard InChI is InChI=1S/C21H32O4/c1-13(23)17-6-7-18(21(17,3)10-11-22)16-5-4-14-12-15(24)8-9-20(14,2)19(16)25/h4,15-18,22,24H,5-12H2,1-3H3. The van der Waals surface area contributed by atoms with E-state index in [4.69, 9.17) is 0 Å². The van der Waals surface area contributed by atoms with Gasteiger partial charge in [-0.3, -0.25) is 9.59 Å². The lowest BCUT2D eigenvalue weighted by atomic mass is 9.56. The molecule has 0 aliphatic heterocycles. The molecule has 4 heteroatoms. The van der Waals surface area contributed by atoms with Crippen molar-refractivity contribution in [1.29, 1.82) is 0 Å². The van der Waals surface area contributed by atoms with Crippen LogP contribution in [0.1, 0.15) is 65.7 Å². The van der Waals surface area contributed by atoms with Gasteiger partial charge >= 0.3 is 0 Å². The fourth-order valence-electron chi connectivity index (χ4n) is 6.11. The van der Waals surface area contributed by atoms with Crippen molar-refractivity contribution < 1.29 is 19.8 Å². The first-order chi connectivity index (χ1) is 11.7. The molecule has 6 unspecified atom stereocenters. The summed E-state index contributed by atoms with van der Waals surface area (Å²) in [6.07, 6.45) is 6.89. The maximum absolute atomic E-state index is 13.5. The highest BCUT2D eigenvalue weighted by Crippen LogP contribution is 2.57. The van der Waals surface area contributed by atoms with Gasteiger partial charge in [0.1, 0.15) is 11.6 Å². The summed E-state index contributed by atoms with van der Waals surface area (Å²) in [5.74, 6) is 0.524. The number of aliphatic hydroxyl groups excluding tert-OH is 2. The maximum Gasteiger partial charge on any atom is 0.146 e. The molecule has 0 aromatic heterocycles.